The molecule has 4 fully saturated rings. The van der Waals surface area contributed by atoms with Crippen LogP contribution in [0.3, 0.4) is 0 Å². The zero-order chi connectivity index (χ0) is 19.4. The molecule has 0 aromatic heterocycles. The summed E-state index contributed by atoms with van der Waals surface area (Å²) in [6.07, 6.45) is 5.62. The Balaban J connectivity index is 1.34. The van der Waals surface area contributed by atoms with Crippen molar-refractivity contribution in [1.82, 2.24) is 10.6 Å². The van der Waals surface area contributed by atoms with E-state index in [1.165, 1.54) is 0 Å². The third-order valence-corrected chi connectivity index (χ3v) is 7.34. The second-order valence-electron chi connectivity index (χ2n) is 9.18. The molecule has 6 rings (SSSR count). The van der Waals surface area contributed by atoms with Gasteiger partial charge in [-0.25, -0.2) is 0 Å². The van der Waals surface area contributed by atoms with Crippen molar-refractivity contribution in [3.63, 3.8) is 0 Å². The van der Waals surface area contributed by atoms with Crippen LogP contribution in [0.4, 0.5) is 0 Å². The fourth-order valence-corrected chi connectivity index (χ4v) is 5.80. The van der Waals surface area contributed by atoms with E-state index < -0.39 is 5.72 Å². The van der Waals surface area contributed by atoms with Gasteiger partial charge in [-0.05, 0) is 49.7 Å². The number of nitrogens with one attached hydrogen (secondary N) is 2. The molecule has 2 aliphatic heterocycles. The Bertz CT molecular complexity index is 805. The summed E-state index contributed by atoms with van der Waals surface area (Å²) in [5.74, 6) is 0.806. The first-order chi connectivity index (χ1) is 13.5. The molecule has 2 N–H and O–H groups in total. The normalized spacial score (nSPS) is 38.6. The maximum atomic E-state index is 13.0. The van der Waals surface area contributed by atoms with E-state index >= 15 is 0 Å². The fraction of sp³-hybridized carbons (Fsp3) is 0.636. The maximum absolute atomic E-state index is 13.0. The molecule has 150 valence electrons. The van der Waals surface area contributed by atoms with E-state index in [9.17, 15) is 9.59 Å². The van der Waals surface area contributed by atoms with Gasteiger partial charge in [-0.3, -0.25) is 9.59 Å². The van der Waals surface area contributed by atoms with Gasteiger partial charge in [0.1, 0.15) is 5.75 Å². The lowest BCUT2D eigenvalue weighted by atomic mass is 9.52. The molecule has 3 saturated carbocycles. The predicted octanol–water partition coefficient (Wildman–Crippen LogP) is 2.63. The zero-order valence-electron chi connectivity index (χ0n) is 16.3. The summed E-state index contributed by atoms with van der Waals surface area (Å²) in [6, 6.07) is 7.41. The molecule has 1 saturated heterocycles. The first kappa shape index (κ1) is 18.0. The van der Waals surface area contributed by atoms with Crippen LogP contribution in [0.2, 0.25) is 0 Å². The Labute approximate surface area is 165 Å². The van der Waals surface area contributed by atoms with Gasteiger partial charge < -0.3 is 20.1 Å². The Hall–Kier alpha value is -2.08. The number of amides is 2. The number of rotatable bonds is 3. The highest BCUT2D eigenvalue weighted by atomic mass is 16.5. The molecular weight excluding hydrogens is 356 g/mol. The topological polar surface area (TPSA) is 76.7 Å². The van der Waals surface area contributed by atoms with Gasteiger partial charge in [0.2, 0.25) is 5.91 Å². The number of benzene rings is 1. The molecule has 1 aromatic rings. The molecule has 6 heteroatoms. The maximum Gasteiger partial charge on any atom is 0.258 e. The second kappa shape index (κ2) is 6.48. The Morgan fingerprint density at radius 1 is 1.32 bits per heavy atom. The number of hydrogen-bond donors (Lipinski definition) is 2. The number of hydrogen-bond acceptors (Lipinski definition) is 4. The van der Waals surface area contributed by atoms with Crippen LogP contribution in [0.15, 0.2) is 24.3 Å². The molecule has 3 aliphatic carbocycles. The quantitative estimate of drug-likeness (QED) is 0.840. The highest BCUT2D eigenvalue weighted by Crippen LogP contribution is 2.58. The first-order valence-electron chi connectivity index (χ1n) is 10.5. The Kier molecular flexibility index (Phi) is 4.16. The van der Waals surface area contributed by atoms with Gasteiger partial charge in [0.15, 0.2) is 5.72 Å². The minimum absolute atomic E-state index is 0.0454. The lowest BCUT2D eigenvalue weighted by Crippen LogP contribution is -2.69. The van der Waals surface area contributed by atoms with E-state index in [2.05, 4.69) is 17.6 Å². The van der Waals surface area contributed by atoms with Crippen LogP contribution in [0, 0.1) is 17.3 Å². The van der Waals surface area contributed by atoms with Crippen LogP contribution in [-0.4, -0.2) is 36.8 Å². The van der Waals surface area contributed by atoms with Crippen molar-refractivity contribution in [3.05, 3.63) is 29.8 Å². The summed E-state index contributed by atoms with van der Waals surface area (Å²) >= 11 is 0. The van der Waals surface area contributed by atoms with Crippen molar-refractivity contribution in [2.24, 2.45) is 17.3 Å². The number of para-hydroxylation sites is 1. The summed E-state index contributed by atoms with van der Waals surface area (Å²) in [5, 5.41) is 6.30. The molecular formula is C22H28N2O4. The van der Waals surface area contributed by atoms with Crippen molar-refractivity contribution < 1.29 is 19.1 Å². The summed E-state index contributed by atoms with van der Waals surface area (Å²) in [5.41, 5.74) is -0.288. The van der Waals surface area contributed by atoms with Gasteiger partial charge in [0.05, 0.1) is 11.7 Å². The molecule has 5 atom stereocenters. The standard InChI is InChI=1S/C22H28N2O4/c1-21-9-8-14(11-17(21)20(26)23-12-15-5-4-10-27-15)22(13-21)24-19(25)16-6-2-3-7-18(16)28-22/h2-3,6-7,14-15,17H,4-5,8-13H2,1H3,(H,23,26)(H,24,25)/t14-,15+,17-,21+,22+/m1/s1. The molecule has 2 heterocycles. The van der Waals surface area contributed by atoms with E-state index in [1.54, 1.807) is 6.07 Å². The largest absolute Gasteiger partial charge is 0.467 e. The van der Waals surface area contributed by atoms with Crippen molar-refractivity contribution >= 4 is 11.8 Å². The van der Waals surface area contributed by atoms with Crippen molar-refractivity contribution in [2.45, 2.75) is 57.3 Å². The minimum Gasteiger partial charge on any atom is -0.467 e. The first-order valence-corrected chi connectivity index (χ1v) is 10.5. The van der Waals surface area contributed by atoms with Crippen LogP contribution < -0.4 is 15.4 Å². The van der Waals surface area contributed by atoms with Crippen LogP contribution >= 0.6 is 0 Å². The van der Waals surface area contributed by atoms with E-state index in [0.717, 1.165) is 38.7 Å². The molecule has 0 unspecified atom stereocenters. The SMILES string of the molecule is C[C@@]12CC[C@H](C[C@@H]1C(=O)NC[C@@H]1CCCO1)[C@@]1(C2)NC(=O)c2ccccc2O1. The molecule has 6 nitrogen and oxygen atoms in total. The summed E-state index contributed by atoms with van der Waals surface area (Å²) < 4.78 is 12.0. The number of fused-ring (bicyclic) bond motifs is 3. The third-order valence-electron chi connectivity index (χ3n) is 7.34. The van der Waals surface area contributed by atoms with Crippen molar-refractivity contribution in [2.75, 3.05) is 13.2 Å². The van der Waals surface area contributed by atoms with E-state index in [-0.39, 0.29) is 35.2 Å². The number of ether oxygens (including phenoxy) is 2. The van der Waals surface area contributed by atoms with Crippen LogP contribution in [0.5, 0.6) is 5.75 Å². The zero-order valence-corrected chi connectivity index (χ0v) is 16.3. The Morgan fingerprint density at radius 2 is 2.18 bits per heavy atom. The smallest absolute Gasteiger partial charge is 0.258 e. The summed E-state index contributed by atoms with van der Waals surface area (Å²) in [4.78, 5) is 25.7. The van der Waals surface area contributed by atoms with E-state index in [0.29, 0.717) is 24.3 Å². The van der Waals surface area contributed by atoms with Gasteiger partial charge in [0.25, 0.3) is 5.91 Å². The fourth-order valence-electron chi connectivity index (χ4n) is 5.80. The van der Waals surface area contributed by atoms with Gasteiger partial charge in [-0.1, -0.05) is 19.1 Å². The highest BCUT2D eigenvalue weighted by molar-refractivity contribution is 5.98. The van der Waals surface area contributed by atoms with Gasteiger partial charge in [0, 0.05) is 31.4 Å². The van der Waals surface area contributed by atoms with Crippen LogP contribution in [-0.2, 0) is 9.53 Å². The van der Waals surface area contributed by atoms with Gasteiger partial charge in [-0.15, -0.1) is 0 Å². The lowest BCUT2D eigenvalue weighted by Gasteiger charge is -2.59. The van der Waals surface area contributed by atoms with Crippen LogP contribution in [0.1, 0.15) is 55.8 Å². The van der Waals surface area contributed by atoms with Gasteiger partial charge >= 0.3 is 0 Å². The second-order valence-corrected chi connectivity index (χ2v) is 9.18. The molecule has 28 heavy (non-hydrogen) atoms. The lowest BCUT2D eigenvalue weighted by molar-refractivity contribution is -0.167. The third kappa shape index (κ3) is 2.81. The molecule has 2 amide bonds. The molecule has 5 aliphatic rings. The monoisotopic (exact) mass is 384 g/mol. The molecule has 2 bridgehead atoms. The van der Waals surface area contributed by atoms with Crippen molar-refractivity contribution in [3.8, 4) is 5.75 Å². The number of carbonyl (C=O) groups excluding carboxylic acids is 2. The van der Waals surface area contributed by atoms with E-state index in [1.807, 2.05) is 18.2 Å². The average Bonchev–Trinajstić information content (AvgIpc) is 3.19. The minimum atomic E-state index is -0.691. The molecule has 0 radical (unpaired) electrons. The summed E-state index contributed by atoms with van der Waals surface area (Å²) in [6.45, 7) is 3.57. The predicted molar refractivity (Wildman–Crippen MR) is 103 cm³/mol. The average molecular weight is 384 g/mol. The highest BCUT2D eigenvalue weighted by Gasteiger charge is 2.61. The molecule has 1 aromatic carbocycles. The van der Waals surface area contributed by atoms with Crippen molar-refractivity contribution in [1.29, 1.82) is 0 Å². The van der Waals surface area contributed by atoms with Gasteiger partial charge in [-0.2, -0.15) is 0 Å². The van der Waals surface area contributed by atoms with E-state index in [4.69, 9.17) is 9.47 Å². The molecule has 1 spiro atoms. The summed E-state index contributed by atoms with van der Waals surface area (Å²) in [7, 11) is 0. The Morgan fingerprint density at radius 3 is 2.96 bits per heavy atom. The van der Waals surface area contributed by atoms with Crippen LogP contribution in [0.25, 0.3) is 0 Å². The number of carbonyl (C=O) groups is 2.